The second-order valence-electron chi connectivity index (χ2n) is 7.80. The van der Waals surface area contributed by atoms with Crippen LogP contribution in [0.15, 0.2) is 40.6 Å². The van der Waals surface area contributed by atoms with Crippen LogP contribution in [0.25, 0.3) is 0 Å². The molecule has 31 heavy (non-hydrogen) atoms. The van der Waals surface area contributed by atoms with Gasteiger partial charge in [0.15, 0.2) is 0 Å². The van der Waals surface area contributed by atoms with Gasteiger partial charge in [-0.2, -0.15) is 4.31 Å². The summed E-state index contributed by atoms with van der Waals surface area (Å²) in [6.07, 6.45) is -3.35. The Bertz CT molecular complexity index is 1070. The second-order valence-corrected chi connectivity index (χ2v) is 11.3. The molecule has 2 saturated heterocycles. The van der Waals surface area contributed by atoms with Crippen molar-refractivity contribution in [3.8, 4) is 5.75 Å². The average Bonchev–Trinajstić information content (AvgIpc) is 3.27. The van der Waals surface area contributed by atoms with Crippen molar-refractivity contribution >= 4 is 33.0 Å². The molecule has 2 aliphatic rings. The molecule has 2 aromatic rings. The summed E-state index contributed by atoms with van der Waals surface area (Å²) < 4.78 is 68.3. The zero-order chi connectivity index (χ0) is 22.4. The highest BCUT2D eigenvalue weighted by atomic mass is 32.2. The molecule has 1 spiro atoms. The van der Waals surface area contributed by atoms with E-state index in [0.717, 1.165) is 4.88 Å². The molecule has 0 bridgehead atoms. The molecule has 0 radical (unpaired) electrons. The number of hydrogen-bond donors (Lipinski definition) is 0. The first-order valence-electron chi connectivity index (χ1n) is 9.75. The molecule has 0 saturated carbocycles. The van der Waals surface area contributed by atoms with Crippen LogP contribution in [0.1, 0.15) is 24.1 Å². The number of carbonyl (C=O) groups excluding carboxylic acids is 1. The number of piperidine rings is 1. The molecule has 0 unspecified atom stereocenters. The Labute approximate surface area is 182 Å². The first kappa shape index (κ1) is 22.1. The summed E-state index contributed by atoms with van der Waals surface area (Å²) in [6.45, 7) is 2.81. The number of nitrogens with zero attached hydrogens (tertiary/aromatic N) is 2. The number of benzene rings is 1. The number of anilines is 1. The molecule has 2 fully saturated rings. The normalized spacial score (nSPS) is 19.9. The van der Waals surface area contributed by atoms with E-state index in [2.05, 4.69) is 4.74 Å². The molecule has 3 heterocycles. The quantitative estimate of drug-likeness (QED) is 0.668. The number of amides is 1. The molecule has 0 N–H and O–H groups in total. The standard InChI is InChI=1S/C20H21F3N2O4S2/c1-14-2-7-17(30-14)31(27,28)24-11-8-19(9-12-24)10-13-25(18(19)26)15-3-5-16(6-4-15)29-20(21,22)23/h2-7H,8-13H2,1H3. The van der Waals surface area contributed by atoms with E-state index in [-0.39, 0.29) is 24.7 Å². The van der Waals surface area contributed by atoms with E-state index in [1.54, 1.807) is 17.0 Å². The van der Waals surface area contributed by atoms with Crippen LogP contribution in [-0.2, 0) is 14.8 Å². The molecular weight excluding hydrogens is 453 g/mol. The van der Waals surface area contributed by atoms with Crippen molar-refractivity contribution in [1.82, 2.24) is 4.31 Å². The molecule has 0 atom stereocenters. The number of alkyl halides is 3. The van der Waals surface area contributed by atoms with Crippen molar-refractivity contribution in [1.29, 1.82) is 0 Å². The van der Waals surface area contributed by atoms with E-state index < -0.39 is 21.8 Å². The minimum Gasteiger partial charge on any atom is -0.406 e. The molecule has 1 amide bonds. The number of halogens is 3. The van der Waals surface area contributed by atoms with Gasteiger partial charge in [-0.05, 0) is 62.6 Å². The molecule has 2 aliphatic heterocycles. The minimum atomic E-state index is -4.77. The highest BCUT2D eigenvalue weighted by Gasteiger charge is 2.50. The summed E-state index contributed by atoms with van der Waals surface area (Å²) in [5.74, 6) is -0.457. The SMILES string of the molecule is Cc1ccc(S(=O)(=O)N2CCC3(CCN(c4ccc(OC(F)(F)F)cc4)C3=O)CC2)s1. The zero-order valence-electron chi connectivity index (χ0n) is 16.7. The van der Waals surface area contributed by atoms with Crippen molar-refractivity contribution in [2.75, 3.05) is 24.5 Å². The Morgan fingerprint density at radius 3 is 2.16 bits per heavy atom. The van der Waals surface area contributed by atoms with Gasteiger partial charge in [-0.15, -0.1) is 24.5 Å². The summed E-state index contributed by atoms with van der Waals surface area (Å²) >= 11 is 1.23. The Morgan fingerprint density at radius 2 is 1.61 bits per heavy atom. The number of thiophene rings is 1. The van der Waals surface area contributed by atoms with Crippen LogP contribution < -0.4 is 9.64 Å². The van der Waals surface area contributed by atoms with Gasteiger partial charge in [-0.1, -0.05) is 0 Å². The molecule has 6 nitrogen and oxygen atoms in total. The van der Waals surface area contributed by atoms with Gasteiger partial charge in [0.25, 0.3) is 10.0 Å². The van der Waals surface area contributed by atoms with Crippen molar-refractivity contribution < 1.29 is 31.1 Å². The molecular formula is C20H21F3N2O4S2. The van der Waals surface area contributed by atoms with Crippen LogP contribution in [0.2, 0.25) is 0 Å². The van der Waals surface area contributed by atoms with Crippen LogP contribution in [-0.4, -0.2) is 44.6 Å². The lowest BCUT2D eigenvalue weighted by Crippen LogP contribution is -2.46. The molecule has 4 rings (SSSR count). The third kappa shape index (κ3) is 4.31. The highest BCUT2D eigenvalue weighted by molar-refractivity contribution is 7.91. The molecule has 1 aromatic heterocycles. The zero-order valence-corrected chi connectivity index (χ0v) is 18.3. The maximum atomic E-state index is 13.2. The maximum Gasteiger partial charge on any atom is 0.573 e. The number of aryl methyl sites for hydroxylation is 1. The fraction of sp³-hybridized carbons (Fsp3) is 0.450. The molecule has 1 aromatic carbocycles. The van der Waals surface area contributed by atoms with Gasteiger partial charge >= 0.3 is 6.36 Å². The number of ether oxygens (including phenoxy) is 1. The van der Waals surface area contributed by atoms with Crippen LogP contribution in [0, 0.1) is 12.3 Å². The van der Waals surface area contributed by atoms with Crippen LogP contribution >= 0.6 is 11.3 Å². The van der Waals surface area contributed by atoms with E-state index in [0.29, 0.717) is 35.7 Å². The predicted octanol–water partition coefficient (Wildman–Crippen LogP) is 4.16. The van der Waals surface area contributed by atoms with Gasteiger partial charge in [-0.3, -0.25) is 4.79 Å². The third-order valence-corrected chi connectivity index (χ3v) is 9.25. The predicted molar refractivity (Wildman–Crippen MR) is 110 cm³/mol. The van der Waals surface area contributed by atoms with Crippen LogP contribution in [0.3, 0.4) is 0 Å². The van der Waals surface area contributed by atoms with Gasteiger partial charge in [-0.25, -0.2) is 8.42 Å². The summed E-state index contributed by atoms with van der Waals surface area (Å²) in [6, 6.07) is 8.59. The van der Waals surface area contributed by atoms with Crippen molar-refractivity contribution in [3.63, 3.8) is 0 Å². The van der Waals surface area contributed by atoms with Gasteiger partial charge in [0.2, 0.25) is 5.91 Å². The van der Waals surface area contributed by atoms with Gasteiger partial charge in [0.05, 0.1) is 5.41 Å². The maximum absolute atomic E-state index is 13.2. The van der Waals surface area contributed by atoms with Gasteiger partial charge in [0, 0.05) is 30.2 Å². The largest absolute Gasteiger partial charge is 0.573 e. The van der Waals surface area contributed by atoms with Crippen molar-refractivity contribution in [2.45, 2.75) is 36.8 Å². The number of sulfonamides is 1. The number of hydrogen-bond acceptors (Lipinski definition) is 5. The summed E-state index contributed by atoms with van der Waals surface area (Å²) in [7, 11) is -3.57. The lowest BCUT2D eigenvalue weighted by molar-refractivity contribution is -0.274. The molecule has 0 aliphatic carbocycles. The van der Waals surface area contributed by atoms with E-state index in [9.17, 15) is 26.4 Å². The fourth-order valence-electron chi connectivity index (χ4n) is 4.19. The average molecular weight is 475 g/mol. The molecule has 168 valence electrons. The molecule has 11 heteroatoms. The lowest BCUT2D eigenvalue weighted by Gasteiger charge is -2.37. The topological polar surface area (TPSA) is 66.9 Å². The van der Waals surface area contributed by atoms with Crippen LogP contribution in [0.5, 0.6) is 5.75 Å². The smallest absolute Gasteiger partial charge is 0.406 e. The monoisotopic (exact) mass is 474 g/mol. The lowest BCUT2D eigenvalue weighted by atomic mass is 9.77. The third-order valence-electron chi connectivity index (χ3n) is 5.88. The number of rotatable bonds is 4. The first-order valence-corrected chi connectivity index (χ1v) is 12.0. The van der Waals surface area contributed by atoms with E-state index in [1.807, 2.05) is 6.92 Å². The van der Waals surface area contributed by atoms with Gasteiger partial charge < -0.3 is 9.64 Å². The Balaban J connectivity index is 1.44. The second kappa shape index (κ2) is 7.79. The van der Waals surface area contributed by atoms with E-state index >= 15 is 0 Å². The fourth-order valence-corrected chi connectivity index (χ4v) is 7.07. The van der Waals surface area contributed by atoms with Gasteiger partial charge in [0.1, 0.15) is 9.96 Å². The Kier molecular flexibility index (Phi) is 5.55. The summed E-state index contributed by atoms with van der Waals surface area (Å²) in [4.78, 5) is 15.7. The highest BCUT2D eigenvalue weighted by Crippen LogP contribution is 2.44. The van der Waals surface area contributed by atoms with E-state index in [1.165, 1.54) is 39.9 Å². The number of carbonyl (C=O) groups is 1. The Morgan fingerprint density at radius 1 is 1.00 bits per heavy atom. The minimum absolute atomic E-state index is 0.110. The summed E-state index contributed by atoms with van der Waals surface area (Å²) in [5, 5.41) is 0. The first-order chi connectivity index (χ1) is 14.5. The van der Waals surface area contributed by atoms with E-state index in [4.69, 9.17) is 0 Å². The van der Waals surface area contributed by atoms with Crippen LogP contribution in [0.4, 0.5) is 18.9 Å². The van der Waals surface area contributed by atoms with Crippen molar-refractivity contribution in [2.24, 2.45) is 5.41 Å². The van der Waals surface area contributed by atoms with Crippen molar-refractivity contribution in [3.05, 3.63) is 41.3 Å². The Hall–Kier alpha value is -2.11. The summed E-state index contributed by atoms with van der Waals surface area (Å²) in [5.41, 5.74) is -0.140.